The molecule has 3 aromatic carbocycles. The van der Waals surface area contributed by atoms with Gasteiger partial charge in [-0.3, -0.25) is 14.5 Å². The summed E-state index contributed by atoms with van der Waals surface area (Å²) in [5.74, 6) is 0.560. The first-order valence-electron chi connectivity index (χ1n) is 11.8. The van der Waals surface area contributed by atoms with Gasteiger partial charge in [-0.2, -0.15) is 0 Å². The summed E-state index contributed by atoms with van der Waals surface area (Å²) in [4.78, 5) is 28.1. The number of carbonyl (C=O) groups excluding carboxylic acids is 2. The predicted molar refractivity (Wildman–Crippen MR) is 152 cm³/mol. The lowest BCUT2D eigenvalue weighted by molar-refractivity contribution is -0.123. The lowest BCUT2D eigenvalue weighted by atomic mass is 10.1. The lowest BCUT2D eigenvalue weighted by Gasteiger charge is -2.14. The van der Waals surface area contributed by atoms with Crippen LogP contribution in [-0.2, 0) is 29.2 Å². The molecule has 8 heteroatoms. The van der Waals surface area contributed by atoms with Gasteiger partial charge in [-0.05, 0) is 35.4 Å². The van der Waals surface area contributed by atoms with Crippen molar-refractivity contribution in [3.8, 4) is 5.75 Å². The fourth-order valence-corrected chi connectivity index (χ4v) is 5.47. The number of ether oxygens (including phenoxy) is 1. The van der Waals surface area contributed by atoms with Crippen LogP contribution < -0.4 is 10.1 Å². The maximum Gasteiger partial charge on any atom is 0.266 e. The molecule has 186 valence electrons. The van der Waals surface area contributed by atoms with Crippen molar-refractivity contribution in [2.45, 2.75) is 19.6 Å². The maximum absolute atomic E-state index is 13.2. The molecule has 1 aliphatic rings. The zero-order valence-electron chi connectivity index (χ0n) is 20.2. The molecule has 1 aromatic heterocycles. The molecule has 37 heavy (non-hydrogen) atoms. The van der Waals surface area contributed by atoms with Crippen LogP contribution in [0.1, 0.15) is 16.7 Å². The van der Waals surface area contributed by atoms with E-state index in [2.05, 4.69) is 5.32 Å². The highest BCUT2D eigenvalue weighted by molar-refractivity contribution is 8.26. The van der Waals surface area contributed by atoms with Gasteiger partial charge in [-0.1, -0.05) is 84.6 Å². The van der Waals surface area contributed by atoms with Crippen molar-refractivity contribution in [2.75, 3.05) is 7.11 Å². The third-order valence-electron chi connectivity index (χ3n) is 6.13. The Morgan fingerprint density at radius 3 is 2.49 bits per heavy atom. The van der Waals surface area contributed by atoms with Gasteiger partial charge in [0.25, 0.3) is 5.91 Å². The predicted octanol–water partition coefficient (Wildman–Crippen LogP) is 5.37. The Labute approximate surface area is 224 Å². The summed E-state index contributed by atoms with van der Waals surface area (Å²) in [5.41, 5.74) is 3.82. The van der Waals surface area contributed by atoms with Crippen molar-refractivity contribution < 1.29 is 14.3 Å². The molecule has 0 atom stereocenters. The number of thiocarbonyl (C=S) groups is 1. The zero-order chi connectivity index (χ0) is 25.8. The SMILES string of the molecule is COc1ccc(CN2C(=O)/C(=C/c3cn(CC(=O)NCc4ccccc4)c4ccccc34)SC2=S)cc1. The molecule has 0 aliphatic carbocycles. The summed E-state index contributed by atoms with van der Waals surface area (Å²) in [6.45, 7) is 1.05. The molecule has 1 aliphatic heterocycles. The van der Waals surface area contributed by atoms with E-state index >= 15 is 0 Å². The number of thioether (sulfide) groups is 1. The number of benzene rings is 3. The normalized spacial score (nSPS) is 14.5. The van der Waals surface area contributed by atoms with Crippen LogP contribution in [0, 0.1) is 0 Å². The topological polar surface area (TPSA) is 63.6 Å². The van der Waals surface area contributed by atoms with Crippen LogP contribution in [0.5, 0.6) is 5.75 Å². The van der Waals surface area contributed by atoms with Crippen LogP contribution in [0.25, 0.3) is 17.0 Å². The Hall–Kier alpha value is -3.88. The van der Waals surface area contributed by atoms with Crippen molar-refractivity contribution in [3.05, 3.63) is 107 Å². The molecule has 1 saturated heterocycles. The van der Waals surface area contributed by atoms with Gasteiger partial charge in [0.1, 0.15) is 16.6 Å². The lowest BCUT2D eigenvalue weighted by Crippen LogP contribution is -2.27. The monoisotopic (exact) mass is 527 g/mol. The van der Waals surface area contributed by atoms with Crippen LogP contribution in [0.2, 0.25) is 0 Å². The third-order valence-corrected chi connectivity index (χ3v) is 7.50. The highest BCUT2D eigenvalue weighted by Crippen LogP contribution is 2.35. The van der Waals surface area contributed by atoms with Gasteiger partial charge in [0, 0.05) is 29.2 Å². The molecular formula is C29H25N3O3S2. The zero-order valence-corrected chi connectivity index (χ0v) is 21.9. The van der Waals surface area contributed by atoms with Crippen molar-refractivity contribution in [2.24, 2.45) is 0 Å². The summed E-state index contributed by atoms with van der Waals surface area (Å²) in [7, 11) is 1.62. The quantitative estimate of drug-likeness (QED) is 0.247. The molecular weight excluding hydrogens is 502 g/mol. The minimum Gasteiger partial charge on any atom is -0.497 e. The molecule has 0 spiro atoms. The first kappa shape index (κ1) is 24.8. The average molecular weight is 528 g/mol. The van der Waals surface area contributed by atoms with E-state index in [-0.39, 0.29) is 18.4 Å². The molecule has 0 saturated carbocycles. The molecule has 4 aromatic rings. The third kappa shape index (κ3) is 5.60. The molecule has 1 fully saturated rings. The summed E-state index contributed by atoms with van der Waals surface area (Å²) < 4.78 is 7.65. The average Bonchev–Trinajstić information content (AvgIpc) is 3.40. The number of aromatic nitrogens is 1. The van der Waals surface area contributed by atoms with Crippen LogP contribution >= 0.6 is 24.0 Å². The number of fused-ring (bicyclic) bond motifs is 1. The van der Waals surface area contributed by atoms with E-state index in [1.165, 1.54) is 11.8 Å². The first-order chi connectivity index (χ1) is 18.0. The number of hydrogen-bond acceptors (Lipinski definition) is 5. The molecule has 5 rings (SSSR count). The van der Waals surface area contributed by atoms with E-state index in [0.29, 0.717) is 22.3 Å². The molecule has 6 nitrogen and oxygen atoms in total. The van der Waals surface area contributed by atoms with E-state index in [9.17, 15) is 9.59 Å². The summed E-state index contributed by atoms with van der Waals surface area (Å²) in [6, 6.07) is 25.3. The Morgan fingerprint density at radius 1 is 1.00 bits per heavy atom. The van der Waals surface area contributed by atoms with Crippen molar-refractivity contribution in [3.63, 3.8) is 0 Å². The number of nitrogens with one attached hydrogen (secondary N) is 1. The van der Waals surface area contributed by atoms with Gasteiger partial charge in [-0.15, -0.1) is 0 Å². The van der Waals surface area contributed by atoms with E-state index < -0.39 is 0 Å². The van der Waals surface area contributed by atoms with Gasteiger partial charge in [-0.25, -0.2) is 0 Å². The number of nitrogens with zero attached hydrogens (tertiary/aromatic N) is 2. The minimum absolute atomic E-state index is 0.0815. The number of para-hydroxylation sites is 1. The van der Waals surface area contributed by atoms with Crippen molar-refractivity contribution in [1.29, 1.82) is 0 Å². The fraction of sp³-hybridized carbons (Fsp3) is 0.138. The number of hydrogen-bond donors (Lipinski definition) is 1. The summed E-state index contributed by atoms with van der Waals surface area (Å²) >= 11 is 6.83. The number of amides is 2. The largest absolute Gasteiger partial charge is 0.497 e. The second-order valence-corrected chi connectivity index (χ2v) is 10.3. The van der Waals surface area contributed by atoms with Gasteiger partial charge in [0.05, 0.1) is 18.6 Å². The summed E-state index contributed by atoms with van der Waals surface area (Å²) in [6.07, 6.45) is 3.79. The Morgan fingerprint density at radius 2 is 1.73 bits per heavy atom. The van der Waals surface area contributed by atoms with Gasteiger partial charge in [0.15, 0.2) is 0 Å². The molecule has 1 N–H and O–H groups in total. The van der Waals surface area contributed by atoms with Crippen LogP contribution in [-0.4, -0.2) is 32.7 Å². The van der Waals surface area contributed by atoms with Crippen molar-refractivity contribution in [1.82, 2.24) is 14.8 Å². The van der Waals surface area contributed by atoms with Crippen LogP contribution in [0.15, 0.2) is 90.0 Å². The minimum atomic E-state index is -0.122. The standard InChI is InChI=1S/C29H25N3O3S2/c1-35-23-13-11-21(12-14-23)17-32-28(34)26(37-29(32)36)15-22-18-31(25-10-6-5-9-24(22)25)19-27(33)30-16-20-7-3-2-4-8-20/h2-15,18H,16-17,19H2,1H3,(H,30,33)/b26-15-. The molecule has 2 amide bonds. The number of methoxy groups -OCH3 is 1. The van der Waals surface area contributed by atoms with Crippen molar-refractivity contribution >= 4 is 57.1 Å². The summed E-state index contributed by atoms with van der Waals surface area (Å²) in [5, 5.41) is 3.95. The smallest absolute Gasteiger partial charge is 0.266 e. The van der Waals surface area contributed by atoms with Gasteiger partial charge >= 0.3 is 0 Å². The highest BCUT2D eigenvalue weighted by Gasteiger charge is 2.32. The van der Waals surface area contributed by atoms with E-state index in [0.717, 1.165) is 33.3 Å². The second-order valence-electron chi connectivity index (χ2n) is 8.61. The fourth-order valence-electron chi connectivity index (χ4n) is 4.22. The Bertz CT molecular complexity index is 1490. The first-order valence-corrected chi connectivity index (χ1v) is 13.0. The molecule has 2 heterocycles. The highest BCUT2D eigenvalue weighted by atomic mass is 32.2. The van der Waals surface area contributed by atoms with Crippen LogP contribution in [0.3, 0.4) is 0 Å². The molecule has 0 unspecified atom stereocenters. The van der Waals surface area contributed by atoms with E-state index in [1.54, 1.807) is 12.0 Å². The number of rotatable bonds is 8. The van der Waals surface area contributed by atoms with Crippen LogP contribution in [0.4, 0.5) is 0 Å². The maximum atomic E-state index is 13.2. The number of carbonyl (C=O) groups is 2. The molecule has 0 radical (unpaired) electrons. The second kappa shape index (κ2) is 11.0. The van der Waals surface area contributed by atoms with Gasteiger partial charge < -0.3 is 14.6 Å². The Balaban J connectivity index is 1.34. The molecule has 0 bridgehead atoms. The van der Waals surface area contributed by atoms with E-state index in [1.807, 2.05) is 95.7 Å². The van der Waals surface area contributed by atoms with Gasteiger partial charge in [0.2, 0.25) is 5.91 Å². The van der Waals surface area contributed by atoms with E-state index in [4.69, 9.17) is 17.0 Å². The Kier molecular flexibility index (Phi) is 7.39.